The molecule has 6 nitrogen and oxygen atoms in total. The van der Waals surface area contributed by atoms with E-state index in [4.69, 9.17) is 0 Å². The SMILES string of the molecule is Cn1cc(CN2CC[C@@](C)(O)[C@@H](NC(=O)C3CC3)[C@@H]2c2ccccc2)cn1. The highest BCUT2D eigenvalue weighted by Gasteiger charge is 2.47. The number of likely N-dealkylation sites (tertiary alicyclic amines) is 1. The molecule has 1 aromatic carbocycles. The van der Waals surface area contributed by atoms with Crippen LogP contribution in [0.3, 0.4) is 0 Å². The predicted molar refractivity (Wildman–Crippen MR) is 103 cm³/mol. The summed E-state index contributed by atoms with van der Waals surface area (Å²) in [5.41, 5.74) is 1.30. The second-order valence-electron chi connectivity index (χ2n) is 8.22. The van der Waals surface area contributed by atoms with Crippen LogP contribution < -0.4 is 5.32 Å². The molecule has 2 fully saturated rings. The Kier molecular flexibility index (Phi) is 4.78. The molecule has 2 aliphatic rings. The van der Waals surface area contributed by atoms with Crippen molar-refractivity contribution in [2.24, 2.45) is 13.0 Å². The quantitative estimate of drug-likeness (QED) is 0.847. The van der Waals surface area contributed by atoms with Crippen molar-refractivity contribution in [1.82, 2.24) is 20.0 Å². The number of rotatable bonds is 5. The van der Waals surface area contributed by atoms with Gasteiger partial charge in [0.2, 0.25) is 5.91 Å². The number of amides is 1. The Morgan fingerprint density at radius 1 is 1.33 bits per heavy atom. The number of nitrogens with zero attached hydrogens (tertiary/aromatic N) is 3. The molecule has 0 spiro atoms. The molecule has 1 saturated heterocycles. The number of nitrogens with one attached hydrogen (secondary N) is 1. The first kappa shape index (κ1) is 18.2. The molecule has 2 heterocycles. The summed E-state index contributed by atoms with van der Waals surface area (Å²) in [4.78, 5) is 14.9. The van der Waals surface area contributed by atoms with Crippen LogP contribution in [0.1, 0.15) is 43.4 Å². The van der Waals surface area contributed by atoms with E-state index in [9.17, 15) is 9.90 Å². The monoisotopic (exact) mass is 368 g/mol. The second-order valence-corrected chi connectivity index (χ2v) is 8.22. The molecule has 1 amide bonds. The summed E-state index contributed by atoms with van der Waals surface area (Å²) in [5.74, 6) is 0.190. The molecule has 3 atom stereocenters. The minimum absolute atomic E-state index is 0.0735. The number of carbonyl (C=O) groups is 1. The van der Waals surface area contributed by atoms with E-state index in [1.54, 1.807) is 4.68 Å². The van der Waals surface area contributed by atoms with E-state index in [0.29, 0.717) is 6.42 Å². The predicted octanol–water partition coefficient (Wildman–Crippen LogP) is 2.01. The van der Waals surface area contributed by atoms with Crippen LogP contribution in [0.4, 0.5) is 0 Å². The normalized spacial score (nSPS) is 28.9. The lowest BCUT2D eigenvalue weighted by molar-refractivity contribution is -0.130. The lowest BCUT2D eigenvalue weighted by Crippen LogP contribution is -2.62. The van der Waals surface area contributed by atoms with Gasteiger partial charge in [-0.15, -0.1) is 0 Å². The third kappa shape index (κ3) is 3.92. The van der Waals surface area contributed by atoms with Gasteiger partial charge < -0.3 is 10.4 Å². The van der Waals surface area contributed by atoms with Crippen molar-refractivity contribution in [3.05, 3.63) is 53.9 Å². The Balaban J connectivity index is 1.66. The van der Waals surface area contributed by atoms with Crippen LogP contribution in [0.2, 0.25) is 0 Å². The fourth-order valence-electron chi connectivity index (χ4n) is 4.09. The summed E-state index contributed by atoms with van der Waals surface area (Å²) < 4.78 is 1.80. The van der Waals surface area contributed by atoms with E-state index < -0.39 is 5.60 Å². The summed E-state index contributed by atoms with van der Waals surface area (Å²) in [7, 11) is 1.91. The van der Waals surface area contributed by atoms with Gasteiger partial charge in [0.15, 0.2) is 0 Å². The zero-order valence-electron chi connectivity index (χ0n) is 16.0. The molecule has 1 aromatic heterocycles. The zero-order valence-corrected chi connectivity index (χ0v) is 16.0. The van der Waals surface area contributed by atoms with Gasteiger partial charge in [-0.1, -0.05) is 30.3 Å². The minimum Gasteiger partial charge on any atom is -0.388 e. The Bertz CT molecular complexity index is 798. The van der Waals surface area contributed by atoms with E-state index in [1.807, 2.05) is 44.6 Å². The molecule has 1 saturated carbocycles. The number of benzene rings is 1. The van der Waals surface area contributed by atoms with Crippen molar-refractivity contribution in [2.45, 2.75) is 50.4 Å². The molecule has 27 heavy (non-hydrogen) atoms. The van der Waals surface area contributed by atoms with Crippen molar-refractivity contribution < 1.29 is 9.90 Å². The maximum Gasteiger partial charge on any atom is 0.223 e. The molecule has 144 valence electrons. The van der Waals surface area contributed by atoms with Gasteiger partial charge in [-0.05, 0) is 31.7 Å². The third-order valence-corrected chi connectivity index (χ3v) is 5.82. The van der Waals surface area contributed by atoms with Crippen LogP contribution in [0.25, 0.3) is 0 Å². The summed E-state index contributed by atoms with van der Waals surface area (Å²) >= 11 is 0. The average Bonchev–Trinajstić information content (AvgIpc) is 3.42. The number of hydrogen-bond donors (Lipinski definition) is 2. The maximum absolute atomic E-state index is 12.6. The highest BCUT2D eigenvalue weighted by Crippen LogP contribution is 2.39. The van der Waals surface area contributed by atoms with Gasteiger partial charge >= 0.3 is 0 Å². The molecule has 1 aliphatic heterocycles. The Labute approximate surface area is 160 Å². The lowest BCUT2D eigenvalue weighted by atomic mass is 9.79. The first-order chi connectivity index (χ1) is 12.9. The molecular formula is C21H28N4O2. The van der Waals surface area contributed by atoms with E-state index in [0.717, 1.165) is 37.1 Å². The molecular weight excluding hydrogens is 340 g/mol. The van der Waals surface area contributed by atoms with Crippen LogP contribution in [0, 0.1) is 5.92 Å². The van der Waals surface area contributed by atoms with Crippen molar-refractivity contribution >= 4 is 5.91 Å². The molecule has 0 bridgehead atoms. The average molecular weight is 368 g/mol. The fourth-order valence-corrected chi connectivity index (χ4v) is 4.09. The van der Waals surface area contributed by atoms with Crippen molar-refractivity contribution in [1.29, 1.82) is 0 Å². The summed E-state index contributed by atoms with van der Waals surface area (Å²) in [6, 6.07) is 9.75. The standard InChI is InChI=1S/C21H28N4O2/c1-21(27)10-11-25(14-15-12-22-24(2)13-15)18(16-6-4-3-5-7-16)19(21)23-20(26)17-8-9-17/h3-7,12-13,17-19,27H,8-11,14H2,1-2H3,(H,23,26)/t18-,19-,21+/m0/s1. The van der Waals surface area contributed by atoms with E-state index in [1.165, 1.54) is 0 Å². The first-order valence-electron chi connectivity index (χ1n) is 9.73. The van der Waals surface area contributed by atoms with E-state index >= 15 is 0 Å². The van der Waals surface area contributed by atoms with Crippen molar-refractivity contribution in [2.75, 3.05) is 6.54 Å². The van der Waals surface area contributed by atoms with Crippen molar-refractivity contribution in [3.63, 3.8) is 0 Å². The molecule has 4 rings (SSSR count). The molecule has 2 N–H and O–H groups in total. The summed E-state index contributed by atoms with van der Waals surface area (Å²) in [6.45, 7) is 3.35. The van der Waals surface area contributed by atoms with Gasteiger partial charge in [-0.3, -0.25) is 14.4 Å². The molecule has 6 heteroatoms. The number of carbonyl (C=O) groups excluding carboxylic acids is 1. The van der Waals surface area contributed by atoms with Crippen LogP contribution in [0.15, 0.2) is 42.7 Å². The smallest absolute Gasteiger partial charge is 0.223 e. The molecule has 2 aromatic rings. The lowest BCUT2D eigenvalue weighted by Gasteiger charge is -2.49. The van der Waals surface area contributed by atoms with Gasteiger partial charge in [0, 0.05) is 37.8 Å². The van der Waals surface area contributed by atoms with Crippen LogP contribution in [0.5, 0.6) is 0 Å². The second kappa shape index (κ2) is 7.09. The molecule has 0 unspecified atom stereocenters. The highest BCUT2D eigenvalue weighted by atomic mass is 16.3. The number of piperidine rings is 1. The first-order valence-corrected chi connectivity index (χ1v) is 9.73. The van der Waals surface area contributed by atoms with Crippen LogP contribution >= 0.6 is 0 Å². The van der Waals surface area contributed by atoms with Gasteiger partial charge in [-0.2, -0.15) is 5.10 Å². The van der Waals surface area contributed by atoms with E-state index in [-0.39, 0.29) is 23.9 Å². The number of aryl methyl sites for hydroxylation is 1. The number of aliphatic hydroxyl groups is 1. The third-order valence-electron chi connectivity index (χ3n) is 5.82. The highest BCUT2D eigenvalue weighted by molar-refractivity contribution is 5.81. The number of hydrogen-bond acceptors (Lipinski definition) is 4. The largest absolute Gasteiger partial charge is 0.388 e. The van der Waals surface area contributed by atoms with Gasteiger partial charge in [0.05, 0.1) is 23.9 Å². The van der Waals surface area contributed by atoms with E-state index in [2.05, 4.69) is 27.4 Å². The fraction of sp³-hybridized carbons (Fsp3) is 0.524. The number of aromatic nitrogens is 2. The Hall–Kier alpha value is -2.18. The molecule has 0 radical (unpaired) electrons. The van der Waals surface area contributed by atoms with Gasteiger partial charge in [0.25, 0.3) is 0 Å². The summed E-state index contributed by atoms with van der Waals surface area (Å²) in [5, 5.41) is 18.6. The summed E-state index contributed by atoms with van der Waals surface area (Å²) in [6.07, 6.45) is 6.43. The van der Waals surface area contributed by atoms with Crippen LogP contribution in [-0.2, 0) is 18.4 Å². The Morgan fingerprint density at radius 3 is 2.70 bits per heavy atom. The zero-order chi connectivity index (χ0) is 19.0. The minimum atomic E-state index is -0.948. The van der Waals surface area contributed by atoms with Crippen molar-refractivity contribution in [3.8, 4) is 0 Å². The Morgan fingerprint density at radius 2 is 2.07 bits per heavy atom. The topological polar surface area (TPSA) is 70.4 Å². The maximum atomic E-state index is 12.6. The molecule has 1 aliphatic carbocycles. The van der Waals surface area contributed by atoms with Gasteiger partial charge in [-0.25, -0.2) is 0 Å². The van der Waals surface area contributed by atoms with Gasteiger partial charge in [0.1, 0.15) is 0 Å². The van der Waals surface area contributed by atoms with Crippen LogP contribution in [-0.4, -0.2) is 43.9 Å².